The van der Waals surface area contributed by atoms with E-state index in [0.717, 1.165) is 38.8 Å². The molecule has 0 bridgehead atoms. The van der Waals surface area contributed by atoms with Crippen LogP contribution in [0, 0.1) is 0 Å². The molecule has 1 aliphatic carbocycles. The van der Waals surface area contributed by atoms with Crippen molar-refractivity contribution in [1.82, 2.24) is 14.7 Å². The minimum Gasteiger partial charge on any atom is -0.480 e. The Morgan fingerprint density at radius 3 is 2.19 bits per heavy atom. The van der Waals surface area contributed by atoms with Crippen LogP contribution >= 0.6 is 0 Å². The number of likely N-dealkylation sites (N-methyl/N-ethyl adjacent to an activating group) is 1. The van der Waals surface area contributed by atoms with Crippen molar-refractivity contribution in [2.75, 3.05) is 33.2 Å². The number of amides is 2. The number of carbonyl (C=O) groups is 2. The number of hydrogen-bond donors (Lipinski definition) is 1. The van der Waals surface area contributed by atoms with Crippen molar-refractivity contribution in [1.29, 1.82) is 0 Å². The number of piperazine rings is 1. The summed E-state index contributed by atoms with van der Waals surface area (Å²) in [5.41, 5.74) is 0. The van der Waals surface area contributed by atoms with E-state index in [1.165, 1.54) is 6.42 Å². The maximum atomic E-state index is 12.8. The van der Waals surface area contributed by atoms with Crippen molar-refractivity contribution in [2.45, 2.75) is 51.1 Å². The Labute approximate surface area is 126 Å². The molecule has 1 N–H and O–H groups in total. The first-order chi connectivity index (χ1) is 10.0. The molecule has 6 heteroatoms. The van der Waals surface area contributed by atoms with E-state index < -0.39 is 12.0 Å². The number of carbonyl (C=O) groups excluding carboxylic acids is 1. The summed E-state index contributed by atoms with van der Waals surface area (Å²) < 4.78 is 0. The van der Waals surface area contributed by atoms with Gasteiger partial charge in [0.25, 0.3) is 0 Å². The summed E-state index contributed by atoms with van der Waals surface area (Å²) >= 11 is 0. The topological polar surface area (TPSA) is 64.1 Å². The second kappa shape index (κ2) is 7.11. The van der Waals surface area contributed by atoms with Gasteiger partial charge in [0, 0.05) is 32.2 Å². The first-order valence-corrected chi connectivity index (χ1v) is 7.99. The van der Waals surface area contributed by atoms with Gasteiger partial charge in [-0.2, -0.15) is 0 Å². The van der Waals surface area contributed by atoms with Crippen LogP contribution in [-0.4, -0.2) is 77.1 Å². The van der Waals surface area contributed by atoms with Crippen LogP contribution in [0.2, 0.25) is 0 Å². The van der Waals surface area contributed by atoms with E-state index in [2.05, 4.69) is 4.90 Å². The Balaban J connectivity index is 2.09. The molecule has 1 saturated heterocycles. The van der Waals surface area contributed by atoms with Crippen LogP contribution in [0.15, 0.2) is 0 Å². The number of rotatable bonds is 3. The molecule has 1 unspecified atom stereocenters. The zero-order valence-electron chi connectivity index (χ0n) is 13.1. The second-order valence-corrected chi connectivity index (χ2v) is 6.29. The van der Waals surface area contributed by atoms with E-state index in [0.29, 0.717) is 13.1 Å². The summed E-state index contributed by atoms with van der Waals surface area (Å²) in [6, 6.07) is -0.762. The largest absolute Gasteiger partial charge is 0.480 e. The molecule has 6 nitrogen and oxygen atoms in total. The molecule has 2 aliphatic rings. The summed E-state index contributed by atoms with van der Waals surface area (Å²) in [6.07, 6.45) is 5.22. The predicted molar refractivity (Wildman–Crippen MR) is 80.3 cm³/mol. The monoisotopic (exact) mass is 297 g/mol. The fraction of sp³-hybridized carbons (Fsp3) is 0.867. The summed E-state index contributed by atoms with van der Waals surface area (Å²) in [5.74, 6) is -0.914. The zero-order chi connectivity index (χ0) is 15.4. The third kappa shape index (κ3) is 3.87. The fourth-order valence-corrected chi connectivity index (χ4v) is 3.28. The molecule has 21 heavy (non-hydrogen) atoms. The molecule has 1 saturated carbocycles. The molecule has 0 spiro atoms. The minimum atomic E-state index is -0.914. The van der Waals surface area contributed by atoms with Gasteiger partial charge < -0.3 is 19.8 Å². The Hall–Kier alpha value is -1.30. The van der Waals surface area contributed by atoms with Crippen LogP contribution < -0.4 is 0 Å². The lowest BCUT2D eigenvalue weighted by molar-refractivity contribution is -0.142. The van der Waals surface area contributed by atoms with E-state index in [1.807, 2.05) is 11.9 Å². The smallest absolute Gasteiger partial charge is 0.326 e. The van der Waals surface area contributed by atoms with E-state index in [-0.39, 0.29) is 12.1 Å². The number of carboxylic acids is 1. The van der Waals surface area contributed by atoms with Crippen molar-refractivity contribution < 1.29 is 14.7 Å². The highest BCUT2D eigenvalue weighted by atomic mass is 16.4. The van der Waals surface area contributed by atoms with E-state index in [1.54, 1.807) is 11.8 Å². The molecule has 2 fully saturated rings. The molecule has 2 rings (SSSR count). The maximum Gasteiger partial charge on any atom is 0.326 e. The average molecular weight is 297 g/mol. The number of urea groups is 1. The number of aliphatic carboxylic acids is 1. The average Bonchev–Trinajstić information content (AvgIpc) is 2.49. The Bertz CT molecular complexity index is 374. The van der Waals surface area contributed by atoms with Gasteiger partial charge in [0.05, 0.1) is 0 Å². The Morgan fingerprint density at radius 2 is 1.67 bits per heavy atom. The van der Waals surface area contributed by atoms with E-state index in [4.69, 9.17) is 0 Å². The van der Waals surface area contributed by atoms with Gasteiger partial charge in [0.2, 0.25) is 0 Å². The summed E-state index contributed by atoms with van der Waals surface area (Å²) in [7, 11) is 2.04. The van der Waals surface area contributed by atoms with Crippen molar-refractivity contribution >= 4 is 12.0 Å². The lowest BCUT2D eigenvalue weighted by Gasteiger charge is -2.42. The summed E-state index contributed by atoms with van der Waals surface area (Å²) in [6.45, 7) is 4.71. The molecule has 1 heterocycles. The van der Waals surface area contributed by atoms with Crippen LogP contribution in [-0.2, 0) is 4.79 Å². The summed E-state index contributed by atoms with van der Waals surface area (Å²) in [5, 5.41) is 9.35. The number of carboxylic acid groups (broad SMARTS) is 1. The van der Waals surface area contributed by atoms with Crippen molar-refractivity contribution in [3.63, 3.8) is 0 Å². The van der Waals surface area contributed by atoms with Gasteiger partial charge in [-0.25, -0.2) is 9.59 Å². The van der Waals surface area contributed by atoms with Gasteiger partial charge in [-0.3, -0.25) is 0 Å². The van der Waals surface area contributed by atoms with Crippen LogP contribution in [0.3, 0.4) is 0 Å². The normalized spacial score (nSPS) is 22.9. The highest BCUT2D eigenvalue weighted by molar-refractivity contribution is 5.82. The lowest BCUT2D eigenvalue weighted by Crippen LogP contribution is -2.58. The van der Waals surface area contributed by atoms with Gasteiger partial charge in [0.1, 0.15) is 6.04 Å². The van der Waals surface area contributed by atoms with Gasteiger partial charge >= 0.3 is 12.0 Å². The minimum absolute atomic E-state index is 0.0806. The molecule has 0 radical (unpaired) electrons. The van der Waals surface area contributed by atoms with Gasteiger partial charge in [-0.1, -0.05) is 19.3 Å². The molecule has 0 aromatic rings. The first-order valence-electron chi connectivity index (χ1n) is 7.99. The number of nitrogens with zero attached hydrogens (tertiary/aromatic N) is 3. The standard InChI is InChI=1S/C15H27N3O3/c1-12(14(19)20)18(13-6-4-3-5-7-13)15(21)17-10-8-16(2)9-11-17/h12-13H,3-11H2,1-2H3,(H,19,20). The third-order valence-electron chi connectivity index (χ3n) is 4.74. The molecular weight excluding hydrogens is 270 g/mol. The number of hydrogen-bond acceptors (Lipinski definition) is 3. The zero-order valence-corrected chi connectivity index (χ0v) is 13.1. The molecule has 1 atom stereocenters. The van der Waals surface area contributed by atoms with Gasteiger partial charge in [0.15, 0.2) is 0 Å². The highest BCUT2D eigenvalue weighted by Gasteiger charge is 2.36. The molecule has 1 aliphatic heterocycles. The van der Waals surface area contributed by atoms with Gasteiger partial charge in [-0.05, 0) is 26.8 Å². The highest BCUT2D eigenvalue weighted by Crippen LogP contribution is 2.25. The molecular formula is C15H27N3O3. The predicted octanol–water partition coefficient (Wildman–Crippen LogP) is 1.46. The molecule has 120 valence electrons. The quantitative estimate of drug-likeness (QED) is 0.856. The van der Waals surface area contributed by atoms with Crippen LogP contribution in [0.25, 0.3) is 0 Å². The van der Waals surface area contributed by atoms with Crippen LogP contribution in [0.5, 0.6) is 0 Å². The first kappa shape index (κ1) is 16.1. The lowest BCUT2D eigenvalue weighted by atomic mass is 9.93. The van der Waals surface area contributed by atoms with E-state index in [9.17, 15) is 14.7 Å². The van der Waals surface area contributed by atoms with E-state index >= 15 is 0 Å². The van der Waals surface area contributed by atoms with Gasteiger partial charge in [-0.15, -0.1) is 0 Å². The fourth-order valence-electron chi connectivity index (χ4n) is 3.28. The van der Waals surface area contributed by atoms with Crippen LogP contribution in [0.4, 0.5) is 4.79 Å². The Kier molecular flexibility index (Phi) is 5.45. The van der Waals surface area contributed by atoms with Crippen molar-refractivity contribution in [3.05, 3.63) is 0 Å². The molecule has 0 aromatic heterocycles. The van der Waals surface area contributed by atoms with Crippen LogP contribution in [0.1, 0.15) is 39.0 Å². The van der Waals surface area contributed by atoms with Crippen molar-refractivity contribution in [2.24, 2.45) is 0 Å². The SMILES string of the molecule is CC(C(=O)O)N(C(=O)N1CCN(C)CC1)C1CCCCC1. The second-order valence-electron chi connectivity index (χ2n) is 6.29. The Morgan fingerprint density at radius 1 is 1.10 bits per heavy atom. The molecule has 0 aromatic carbocycles. The third-order valence-corrected chi connectivity index (χ3v) is 4.74. The molecule has 2 amide bonds. The van der Waals surface area contributed by atoms with Crippen molar-refractivity contribution in [3.8, 4) is 0 Å². The summed E-state index contributed by atoms with van der Waals surface area (Å²) in [4.78, 5) is 29.9. The maximum absolute atomic E-state index is 12.8.